The van der Waals surface area contributed by atoms with Gasteiger partial charge < -0.3 is 5.32 Å². The minimum atomic E-state index is 0.0992. The molecule has 0 spiro atoms. The van der Waals surface area contributed by atoms with Gasteiger partial charge in [0, 0.05) is 11.6 Å². The van der Waals surface area contributed by atoms with E-state index in [1.165, 1.54) is 11.5 Å². The smallest absolute Gasteiger partial charge is 0.0716 e. The number of nitrogens with zero attached hydrogens (tertiary/aromatic N) is 3. The van der Waals surface area contributed by atoms with Crippen LogP contribution < -0.4 is 5.32 Å². The summed E-state index contributed by atoms with van der Waals surface area (Å²) in [5, 5.41) is 8.31. The van der Waals surface area contributed by atoms with Gasteiger partial charge in [0.15, 0.2) is 0 Å². The molecule has 0 saturated carbocycles. The quantitative estimate of drug-likeness (QED) is 0.781. The molecule has 0 amide bonds. The van der Waals surface area contributed by atoms with Crippen molar-refractivity contribution in [2.75, 3.05) is 7.05 Å². The van der Waals surface area contributed by atoms with Crippen molar-refractivity contribution in [1.82, 2.24) is 19.9 Å². The lowest BCUT2D eigenvalue weighted by Crippen LogP contribution is -2.16. The highest BCUT2D eigenvalue weighted by molar-refractivity contribution is 7.05. The molecule has 5 heteroatoms. The molecule has 1 unspecified atom stereocenters. The first kappa shape index (κ1) is 11.3. The summed E-state index contributed by atoms with van der Waals surface area (Å²) in [7, 11) is 1.93. The Hall–Kier alpha value is -1.85. The summed E-state index contributed by atoms with van der Waals surface area (Å²) in [5.41, 5.74) is 2.14. The standard InChI is InChI=1S/C13H12N4S/c1-14-13(12-8-16-17-18-12)10-6-9-4-2-3-5-11(9)15-7-10/h2-8,13-14H,1H3. The van der Waals surface area contributed by atoms with Gasteiger partial charge in [0.1, 0.15) is 0 Å². The zero-order valence-electron chi connectivity index (χ0n) is 9.87. The zero-order valence-corrected chi connectivity index (χ0v) is 10.7. The Kier molecular flexibility index (Phi) is 3.00. The van der Waals surface area contributed by atoms with Crippen molar-refractivity contribution in [3.8, 4) is 0 Å². The lowest BCUT2D eigenvalue weighted by molar-refractivity contribution is 0.700. The number of rotatable bonds is 3. The van der Waals surface area contributed by atoms with Gasteiger partial charge in [-0.15, -0.1) is 5.10 Å². The fourth-order valence-corrected chi connectivity index (χ4v) is 2.66. The van der Waals surface area contributed by atoms with Crippen molar-refractivity contribution in [1.29, 1.82) is 0 Å². The van der Waals surface area contributed by atoms with Gasteiger partial charge in [-0.25, -0.2) is 0 Å². The predicted molar refractivity (Wildman–Crippen MR) is 72.6 cm³/mol. The zero-order chi connectivity index (χ0) is 12.4. The van der Waals surface area contributed by atoms with Crippen LogP contribution in [0.3, 0.4) is 0 Å². The molecule has 0 radical (unpaired) electrons. The van der Waals surface area contributed by atoms with E-state index in [9.17, 15) is 0 Å². The average Bonchev–Trinajstić information content (AvgIpc) is 2.93. The number of para-hydroxylation sites is 1. The first-order chi connectivity index (χ1) is 8.88. The maximum Gasteiger partial charge on any atom is 0.0716 e. The van der Waals surface area contributed by atoms with Crippen molar-refractivity contribution in [2.24, 2.45) is 0 Å². The maximum atomic E-state index is 4.48. The Morgan fingerprint density at radius 3 is 2.89 bits per heavy atom. The first-order valence-corrected chi connectivity index (χ1v) is 6.45. The Morgan fingerprint density at radius 2 is 2.11 bits per heavy atom. The maximum absolute atomic E-state index is 4.48. The van der Waals surface area contributed by atoms with E-state index in [4.69, 9.17) is 0 Å². The van der Waals surface area contributed by atoms with Gasteiger partial charge in [0.05, 0.1) is 22.6 Å². The number of hydrogen-bond donors (Lipinski definition) is 1. The van der Waals surface area contributed by atoms with E-state index >= 15 is 0 Å². The molecule has 0 aliphatic carbocycles. The summed E-state index contributed by atoms with van der Waals surface area (Å²) in [4.78, 5) is 5.58. The van der Waals surface area contributed by atoms with Crippen molar-refractivity contribution in [3.05, 3.63) is 53.2 Å². The molecule has 0 bridgehead atoms. The molecule has 0 saturated heterocycles. The molecule has 0 fully saturated rings. The normalized spacial score (nSPS) is 12.7. The van der Waals surface area contributed by atoms with Crippen molar-refractivity contribution in [2.45, 2.75) is 6.04 Å². The summed E-state index contributed by atoms with van der Waals surface area (Å²) in [6.45, 7) is 0. The second-order valence-electron chi connectivity index (χ2n) is 4.00. The molecule has 3 aromatic rings. The highest BCUT2D eigenvalue weighted by Crippen LogP contribution is 2.25. The van der Waals surface area contributed by atoms with Crippen molar-refractivity contribution < 1.29 is 0 Å². The molecule has 18 heavy (non-hydrogen) atoms. The minimum Gasteiger partial charge on any atom is -0.309 e. The van der Waals surface area contributed by atoms with E-state index in [0.29, 0.717) is 0 Å². The molecule has 2 heterocycles. The van der Waals surface area contributed by atoms with E-state index in [-0.39, 0.29) is 6.04 Å². The van der Waals surface area contributed by atoms with E-state index in [1.807, 2.05) is 31.4 Å². The van der Waals surface area contributed by atoms with Gasteiger partial charge >= 0.3 is 0 Å². The van der Waals surface area contributed by atoms with E-state index < -0.39 is 0 Å². The summed E-state index contributed by atoms with van der Waals surface area (Å²) < 4.78 is 3.91. The lowest BCUT2D eigenvalue weighted by Gasteiger charge is -2.14. The second-order valence-corrected chi connectivity index (χ2v) is 4.82. The van der Waals surface area contributed by atoms with E-state index in [0.717, 1.165) is 21.3 Å². The fourth-order valence-electron chi connectivity index (χ4n) is 2.02. The van der Waals surface area contributed by atoms with E-state index in [1.54, 1.807) is 6.20 Å². The lowest BCUT2D eigenvalue weighted by atomic mass is 10.1. The highest BCUT2D eigenvalue weighted by Gasteiger charge is 2.15. The molecule has 3 rings (SSSR count). The topological polar surface area (TPSA) is 50.7 Å². The Morgan fingerprint density at radius 1 is 1.22 bits per heavy atom. The largest absolute Gasteiger partial charge is 0.309 e. The van der Waals surface area contributed by atoms with Crippen LogP contribution in [-0.4, -0.2) is 21.6 Å². The fraction of sp³-hybridized carbons (Fsp3) is 0.154. The Bertz CT molecular complexity index is 651. The first-order valence-electron chi connectivity index (χ1n) is 5.67. The van der Waals surface area contributed by atoms with Gasteiger partial charge in [-0.05, 0) is 36.3 Å². The van der Waals surface area contributed by atoms with Crippen LogP contribution in [0.4, 0.5) is 0 Å². The molecule has 1 N–H and O–H groups in total. The summed E-state index contributed by atoms with van der Waals surface area (Å²) in [6, 6.07) is 10.4. The highest BCUT2D eigenvalue weighted by atomic mass is 32.1. The SMILES string of the molecule is CNC(c1cnc2ccccc2c1)c1cnns1. The third-order valence-corrected chi connectivity index (χ3v) is 3.62. The molecule has 2 aromatic heterocycles. The monoisotopic (exact) mass is 256 g/mol. The predicted octanol–water partition coefficient (Wildman–Crippen LogP) is 2.40. The number of benzene rings is 1. The number of fused-ring (bicyclic) bond motifs is 1. The van der Waals surface area contributed by atoms with Crippen molar-refractivity contribution >= 4 is 22.4 Å². The van der Waals surface area contributed by atoms with Crippen molar-refractivity contribution in [3.63, 3.8) is 0 Å². The molecule has 1 aromatic carbocycles. The van der Waals surface area contributed by atoms with Crippen LogP contribution in [-0.2, 0) is 0 Å². The summed E-state index contributed by atoms with van der Waals surface area (Å²) in [5.74, 6) is 0. The number of pyridine rings is 1. The Labute approximate surface area is 109 Å². The third kappa shape index (κ3) is 1.98. The average molecular weight is 256 g/mol. The van der Waals surface area contributed by atoms with Gasteiger partial charge in [-0.1, -0.05) is 22.7 Å². The number of aromatic nitrogens is 3. The molecule has 90 valence electrons. The molecule has 0 aliphatic heterocycles. The Balaban J connectivity index is 2.07. The third-order valence-electron chi connectivity index (χ3n) is 2.90. The summed E-state index contributed by atoms with van der Waals surface area (Å²) >= 11 is 1.40. The second kappa shape index (κ2) is 4.80. The van der Waals surface area contributed by atoms with Crippen LogP contribution in [0.15, 0.2) is 42.7 Å². The molecule has 4 nitrogen and oxygen atoms in total. The molecule has 1 atom stereocenters. The molecular weight excluding hydrogens is 244 g/mol. The molecule has 0 aliphatic rings. The van der Waals surface area contributed by atoms with Crippen LogP contribution in [0.2, 0.25) is 0 Å². The molecular formula is C13H12N4S. The van der Waals surface area contributed by atoms with Crippen LogP contribution in [0.1, 0.15) is 16.5 Å². The van der Waals surface area contributed by atoms with Crippen LogP contribution in [0.25, 0.3) is 10.9 Å². The van der Waals surface area contributed by atoms with Gasteiger partial charge in [0.25, 0.3) is 0 Å². The van der Waals surface area contributed by atoms with Crippen LogP contribution in [0.5, 0.6) is 0 Å². The number of hydrogen-bond acceptors (Lipinski definition) is 5. The van der Waals surface area contributed by atoms with Gasteiger partial charge in [-0.2, -0.15) is 0 Å². The van der Waals surface area contributed by atoms with Crippen LogP contribution in [0, 0.1) is 0 Å². The minimum absolute atomic E-state index is 0.0992. The number of nitrogens with one attached hydrogen (secondary N) is 1. The van der Waals surface area contributed by atoms with E-state index in [2.05, 4.69) is 32.0 Å². The van der Waals surface area contributed by atoms with Gasteiger partial charge in [0.2, 0.25) is 0 Å². The van der Waals surface area contributed by atoms with Gasteiger partial charge in [-0.3, -0.25) is 4.98 Å². The van der Waals surface area contributed by atoms with Crippen LogP contribution >= 0.6 is 11.5 Å². The summed E-state index contributed by atoms with van der Waals surface area (Å²) in [6.07, 6.45) is 3.70.